The van der Waals surface area contributed by atoms with Crippen molar-refractivity contribution in [2.75, 3.05) is 36.5 Å². The first kappa shape index (κ1) is 18.7. The summed E-state index contributed by atoms with van der Waals surface area (Å²) in [6.45, 7) is 4.82. The average Bonchev–Trinajstić information content (AvgIpc) is 2.65. The van der Waals surface area contributed by atoms with E-state index in [0.717, 1.165) is 36.6 Å². The van der Waals surface area contributed by atoms with E-state index in [1.165, 1.54) is 12.1 Å². The molecular formula is C19H20F2N2O2S. The SMILES string of the molecule is CC(Sc1ccc(F)cc1F)C(=O)Nc1ccc(N2CCOCC2)cc1. The molecule has 2 aromatic rings. The van der Waals surface area contributed by atoms with Crippen LogP contribution in [0, 0.1) is 11.6 Å². The van der Waals surface area contributed by atoms with Crippen molar-refractivity contribution in [1.82, 2.24) is 0 Å². The van der Waals surface area contributed by atoms with E-state index in [2.05, 4.69) is 10.2 Å². The molecule has 0 aromatic heterocycles. The molecule has 0 bridgehead atoms. The Morgan fingerprint density at radius 1 is 1.15 bits per heavy atom. The normalized spacial score (nSPS) is 15.6. The van der Waals surface area contributed by atoms with E-state index in [9.17, 15) is 13.6 Å². The van der Waals surface area contributed by atoms with Crippen molar-refractivity contribution >= 4 is 29.0 Å². The molecule has 1 saturated heterocycles. The number of hydrogen-bond donors (Lipinski definition) is 1. The van der Waals surface area contributed by atoms with Gasteiger partial charge in [-0.25, -0.2) is 8.78 Å². The molecule has 0 saturated carbocycles. The molecule has 1 aliphatic rings. The van der Waals surface area contributed by atoms with E-state index in [1.807, 2.05) is 24.3 Å². The molecule has 1 fully saturated rings. The summed E-state index contributed by atoms with van der Waals surface area (Å²) in [5.41, 5.74) is 1.76. The smallest absolute Gasteiger partial charge is 0.237 e. The number of amides is 1. The molecule has 1 atom stereocenters. The van der Waals surface area contributed by atoms with Crippen LogP contribution in [0.5, 0.6) is 0 Å². The lowest BCUT2D eigenvalue weighted by Crippen LogP contribution is -2.36. The number of rotatable bonds is 5. The minimum atomic E-state index is -0.662. The van der Waals surface area contributed by atoms with Crippen LogP contribution in [0.15, 0.2) is 47.4 Å². The third-order valence-electron chi connectivity index (χ3n) is 4.08. The summed E-state index contributed by atoms with van der Waals surface area (Å²) in [7, 11) is 0. The Balaban J connectivity index is 1.58. The number of nitrogens with one attached hydrogen (secondary N) is 1. The molecule has 1 unspecified atom stereocenters. The molecule has 0 aliphatic carbocycles. The van der Waals surface area contributed by atoms with Crippen molar-refractivity contribution in [3.05, 3.63) is 54.1 Å². The summed E-state index contributed by atoms with van der Waals surface area (Å²) in [5.74, 6) is -1.54. The minimum Gasteiger partial charge on any atom is -0.378 e. The first-order valence-corrected chi connectivity index (χ1v) is 9.26. The number of carbonyl (C=O) groups is 1. The highest BCUT2D eigenvalue weighted by Crippen LogP contribution is 2.27. The van der Waals surface area contributed by atoms with Gasteiger partial charge in [0.15, 0.2) is 0 Å². The number of morpholine rings is 1. The highest BCUT2D eigenvalue weighted by atomic mass is 32.2. The van der Waals surface area contributed by atoms with Crippen LogP contribution in [0.1, 0.15) is 6.92 Å². The quantitative estimate of drug-likeness (QED) is 0.801. The Morgan fingerprint density at radius 2 is 1.85 bits per heavy atom. The summed E-state index contributed by atoms with van der Waals surface area (Å²) in [6, 6.07) is 10.9. The summed E-state index contributed by atoms with van der Waals surface area (Å²) >= 11 is 1.06. The highest BCUT2D eigenvalue weighted by Gasteiger charge is 2.17. The molecule has 0 radical (unpaired) electrons. The molecule has 1 N–H and O–H groups in total. The van der Waals surface area contributed by atoms with Gasteiger partial charge in [-0.2, -0.15) is 0 Å². The summed E-state index contributed by atoms with van der Waals surface area (Å²) in [6.07, 6.45) is 0. The van der Waals surface area contributed by atoms with Gasteiger partial charge in [0.2, 0.25) is 5.91 Å². The van der Waals surface area contributed by atoms with Crippen molar-refractivity contribution in [2.24, 2.45) is 0 Å². The Bertz CT molecular complexity index is 765. The maximum Gasteiger partial charge on any atom is 0.237 e. The van der Waals surface area contributed by atoms with E-state index in [4.69, 9.17) is 4.74 Å². The molecule has 0 spiro atoms. The molecule has 138 valence electrons. The van der Waals surface area contributed by atoms with Crippen LogP contribution in [0.3, 0.4) is 0 Å². The standard InChI is InChI=1S/C19H20F2N2O2S/c1-13(26-18-7-2-14(20)12-17(18)21)19(24)22-15-3-5-16(6-4-15)23-8-10-25-11-9-23/h2-7,12-13H,8-11H2,1H3,(H,22,24). The van der Waals surface area contributed by atoms with Gasteiger partial charge >= 0.3 is 0 Å². The summed E-state index contributed by atoms with van der Waals surface area (Å²) in [5, 5.41) is 2.30. The number of hydrogen-bond acceptors (Lipinski definition) is 4. The van der Waals surface area contributed by atoms with Gasteiger partial charge in [0, 0.05) is 35.4 Å². The summed E-state index contributed by atoms with van der Waals surface area (Å²) in [4.78, 5) is 14.8. The molecular weight excluding hydrogens is 358 g/mol. The van der Waals surface area contributed by atoms with Gasteiger partial charge in [-0.05, 0) is 43.3 Å². The Labute approximate surface area is 155 Å². The first-order valence-electron chi connectivity index (χ1n) is 8.38. The van der Waals surface area contributed by atoms with Gasteiger partial charge in [-0.15, -0.1) is 11.8 Å². The monoisotopic (exact) mass is 378 g/mol. The zero-order valence-corrected chi connectivity index (χ0v) is 15.2. The number of anilines is 2. The fourth-order valence-electron chi connectivity index (χ4n) is 2.64. The predicted molar refractivity (Wildman–Crippen MR) is 99.8 cm³/mol. The van der Waals surface area contributed by atoms with Gasteiger partial charge in [0.1, 0.15) is 11.6 Å². The van der Waals surface area contributed by atoms with Crippen LogP contribution in [0.2, 0.25) is 0 Å². The van der Waals surface area contributed by atoms with E-state index < -0.39 is 16.9 Å². The van der Waals surface area contributed by atoms with Crippen LogP contribution in [-0.4, -0.2) is 37.5 Å². The van der Waals surface area contributed by atoms with E-state index in [1.54, 1.807) is 6.92 Å². The van der Waals surface area contributed by atoms with Crippen molar-refractivity contribution in [2.45, 2.75) is 17.1 Å². The van der Waals surface area contributed by atoms with Crippen molar-refractivity contribution < 1.29 is 18.3 Å². The number of halogens is 2. The van der Waals surface area contributed by atoms with Crippen molar-refractivity contribution in [3.63, 3.8) is 0 Å². The molecule has 3 rings (SSSR count). The predicted octanol–water partition coefficient (Wildman–Crippen LogP) is 3.92. The van der Waals surface area contributed by atoms with Crippen molar-refractivity contribution in [3.8, 4) is 0 Å². The van der Waals surface area contributed by atoms with Crippen molar-refractivity contribution in [1.29, 1.82) is 0 Å². The number of nitrogens with zero attached hydrogens (tertiary/aromatic N) is 1. The number of ether oxygens (including phenoxy) is 1. The van der Waals surface area contributed by atoms with E-state index in [0.29, 0.717) is 18.9 Å². The van der Waals surface area contributed by atoms with E-state index in [-0.39, 0.29) is 10.8 Å². The number of thioether (sulfide) groups is 1. The lowest BCUT2D eigenvalue weighted by atomic mass is 10.2. The maximum atomic E-state index is 13.7. The second kappa shape index (κ2) is 8.51. The number of benzene rings is 2. The number of carbonyl (C=O) groups excluding carboxylic acids is 1. The van der Waals surface area contributed by atoms with Gasteiger partial charge < -0.3 is 15.0 Å². The van der Waals surface area contributed by atoms with Crippen LogP contribution < -0.4 is 10.2 Å². The highest BCUT2D eigenvalue weighted by molar-refractivity contribution is 8.00. The largest absolute Gasteiger partial charge is 0.378 e. The fourth-order valence-corrected chi connectivity index (χ4v) is 3.50. The summed E-state index contributed by atoms with van der Waals surface area (Å²) < 4.78 is 32.0. The molecule has 2 aromatic carbocycles. The van der Waals surface area contributed by atoms with Crippen LogP contribution in [-0.2, 0) is 9.53 Å². The van der Waals surface area contributed by atoms with Gasteiger partial charge in [0.25, 0.3) is 0 Å². The Hall–Kier alpha value is -2.12. The molecule has 1 aliphatic heterocycles. The molecule has 26 heavy (non-hydrogen) atoms. The third kappa shape index (κ3) is 4.74. The maximum absolute atomic E-state index is 13.7. The average molecular weight is 378 g/mol. The van der Waals surface area contributed by atoms with Gasteiger partial charge in [0.05, 0.1) is 18.5 Å². The minimum absolute atomic E-state index is 0.238. The molecule has 1 amide bonds. The first-order chi connectivity index (χ1) is 12.5. The molecule has 1 heterocycles. The molecule has 4 nitrogen and oxygen atoms in total. The lowest BCUT2D eigenvalue weighted by Gasteiger charge is -2.28. The topological polar surface area (TPSA) is 41.6 Å². The fraction of sp³-hybridized carbons (Fsp3) is 0.316. The second-order valence-corrected chi connectivity index (χ2v) is 7.35. The van der Waals surface area contributed by atoms with Crippen LogP contribution >= 0.6 is 11.8 Å². The second-order valence-electron chi connectivity index (χ2n) is 5.97. The zero-order chi connectivity index (χ0) is 18.5. The molecule has 7 heteroatoms. The van der Waals surface area contributed by atoms with Gasteiger partial charge in [-0.3, -0.25) is 4.79 Å². The third-order valence-corrected chi connectivity index (χ3v) is 5.23. The zero-order valence-electron chi connectivity index (χ0n) is 14.4. The van der Waals surface area contributed by atoms with Crippen LogP contribution in [0.4, 0.5) is 20.2 Å². The lowest BCUT2D eigenvalue weighted by molar-refractivity contribution is -0.115. The Kier molecular flexibility index (Phi) is 6.11. The van der Waals surface area contributed by atoms with Gasteiger partial charge in [-0.1, -0.05) is 0 Å². The Morgan fingerprint density at radius 3 is 2.50 bits per heavy atom. The van der Waals surface area contributed by atoms with Crippen LogP contribution in [0.25, 0.3) is 0 Å². The van der Waals surface area contributed by atoms with E-state index >= 15 is 0 Å².